The molecule has 7 N–H and O–H groups in total. The van der Waals surface area contributed by atoms with Crippen molar-refractivity contribution in [1.82, 2.24) is 56.8 Å². The smallest absolute Gasteiger partial charge is 0.254 e. The number of amides is 10. The van der Waals surface area contributed by atoms with Crippen molar-refractivity contribution in [1.29, 1.82) is 0 Å². The monoisotopic (exact) mass is 1150 g/mol. The summed E-state index contributed by atoms with van der Waals surface area (Å²) in [4.78, 5) is 145. The topological polar surface area (TPSA) is 268 Å². The van der Waals surface area contributed by atoms with Crippen LogP contribution in [0, 0.1) is 17.7 Å². The number of hydrogen-bond acceptors (Lipinski definition) is 11. The van der Waals surface area contributed by atoms with Crippen molar-refractivity contribution < 1.29 is 52.3 Å². The Bertz CT molecular complexity index is 2420. The fourth-order valence-corrected chi connectivity index (χ4v) is 11.6. The van der Waals surface area contributed by atoms with E-state index in [9.17, 15) is 52.3 Å². The van der Waals surface area contributed by atoms with Gasteiger partial charge in [-0.15, -0.1) is 0 Å². The highest BCUT2D eigenvalue weighted by Gasteiger charge is 2.44. The highest BCUT2D eigenvalue weighted by Crippen LogP contribution is 2.33. The van der Waals surface area contributed by atoms with E-state index in [0.717, 1.165) is 57.9 Å². The van der Waals surface area contributed by atoms with E-state index in [0.29, 0.717) is 38.1 Å². The summed E-state index contributed by atoms with van der Waals surface area (Å²) in [7, 11) is 3.91. The fourth-order valence-electron chi connectivity index (χ4n) is 11.6. The molecule has 21 nitrogen and oxygen atoms in total. The summed E-state index contributed by atoms with van der Waals surface area (Å²) in [6.07, 6.45) is 10.2. The zero-order valence-electron chi connectivity index (χ0n) is 51.5. The Balaban J connectivity index is 1.39. The molecular formula is C60H98FN11O10. The predicted molar refractivity (Wildman–Crippen MR) is 311 cm³/mol. The second kappa shape index (κ2) is 29.9. The van der Waals surface area contributed by atoms with Crippen LogP contribution in [0.2, 0.25) is 0 Å². The van der Waals surface area contributed by atoms with Crippen molar-refractivity contribution in [2.45, 2.75) is 225 Å². The van der Waals surface area contributed by atoms with E-state index < -0.39 is 119 Å². The molecule has 3 fully saturated rings. The van der Waals surface area contributed by atoms with Gasteiger partial charge in [0.05, 0.1) is 18.6 Å². The Morgan fingerprint density at radius 1 is 0.695 bits per heavy atom. The zero-order chi connectivity index (χ0) is 61.5. The predicted octanol–water partition coefficient (Wildman–Crippen LogP) is 4.07. The molecule has 0 aromatic heterocycles. The summed E-state index contributed by atoms with van der Waals surface area (Å²) < 4.78 is 13.7. The van der Waals surface area contributed by atoms with Gasteiger partial charge in [0.25, 0.3) is 5.91 Å². The number of likely N-dealkylation sites (tertiary alicyclic amines) is 1. The van der Waals surface area contributed by atoms with Gasteiger partial charge in [-0.1, -0.05) is 46.0 Å². The number of hydrogen-bond donors (Lipinski definition) is 7. The van der Waals surface area contributed by atoms with Crippen LogP contribution in [0.25, 0.3) is 0 Å². The summed E-state index contributed by atoms with van der Waals surface area (Å²) in [6, 6.07) is 0.977. The van der Waals surface area contributed by atoms with E-state index in [1.54, 1.807) is 27.7 Å². The number of nitrogens with one attached hydrogen (secondary N) is 7. The van der Waals surface area contributed by atoms with Crippen molar-refractivity contribution in [3.05, 3.63) is 35.6 Å². The zero-order valence-corrected chi connectivity index (χ0v) is 51.5. The van der Waals surface area contributed by atoms with E-state index in [1.165, 1.54) is 80.5 Å². The Hall–Kier alpha value is -6.19. The number of rotatable bonds is 29. The van der Waals surface area contributed by atoms with Gasteiger partial charge < -0.3 is 56.8 Å². The van der Waals surface area contributed by atoms with Gasteiger partial charge >= 0.3 is 0 Å². The van der Waals surface area contributed by atoms with Crippen molar-refractivity contribution in [2.24, 2.45) is 11.8 Å². The van der Waals surface area contributed by atoms with E-state index in [-0.39, 0.29) is 42.3 Å². The lowest BCUT2D eigenvalue weighted by Gasteiger charge is -2.44. The number of benzene rings is 1. The van der Waals surface area contributed by atoms with Crippen LogP contribution in [0.5, 0.6) is 0 Å². The number of nitrogens with zero attached hydrogens (tertiary/aromatic N) is 4. The first-order valence-electron chi connectivity index (χ1n) is 29.7. The minimum atomic E-state index is -1.58. The maximum absolute atomic E-state index is 14.3. The molecule has 0 bridgehead atoms. The molecule has 460 valence electrons. The normalized spacial score (nSPS) is 17.3. The number of likely N-dealkylation sites (N-methyl/N-ethyl adjacent to an activating group) is 1. The molecule has 0 spiro atoms. The lowest BCUT2D eigenvalue weighted by Crippen LogP contribution is -2.65. The van der Waals surface area contributed by atoms with Crippen molar-refractivity contribution in [2.75, 3.05) is 46.8 Å². The van der Waals surface area contributed by atoms with Crippen LogP contribution in [0.4, 0.5) is 4.39 Å². The van der Waals surface area contributed by atoms with Gasteiger partial charge in [-0.05, 0) is 171 Å². The standard InChI is InChI=1S/C60H98FN11O10/c1-38(2)34-46(52(78)67-58(9,10)55(81)68-57(7,8)54(80)62-32-29-47(73)66-60(30-19-31-60)37-69(13)14)71(39(3)4)48(74)35-64-56(82)59(11,12)72(40(5)6)49(75)36-63-50(76)44(28-23-41-20-16-15-17-21-41)65-51(77)45-22-18-33-70(45)53(79)42-24-26-43(61)27-25-42/h24-27,38-41,44-46H,15-23,28-37H2,1-14H3,(H,62,80)(H,63,76)(H,64,82)(H,65,77)(H,66,73)(H,67,78)(H,68,81)/t44-,45-,46-/m0/s1. The molecule has 10 amide bonds. The average Bonchev–Trinajstić information content (AvgIpc) is 3.97. The molecule has 2 aliphatic carbocycles. The molecule has 82 heavy (non-hydrogen) atoms. The van der Waals surface area contributed by atoms with Gasteiger partial charge in [-0.3, -0.25) is 47.9 Å². The van der Waals surface area contributed by atoms with Crippen molar-refractivity contribution in [3.63, 3.8) is 0 Å². The third kappa shape index (κ3) is 19.2. The van der Waals surface area contributed by atoms with Crippen LogP contribution in [-0.4, -0.2) is 178 Å². The van der Waals surface area contributed by atoms with Crippen LogP contribution in [0.3, 0.4) is 0 Å². The molecule has 1 aromatic rings. The van der Waals surface area contributed by atoms with Crippen molar-refractivity contribution >= 4 is 59.1 Å². The van der Waals surface area contributed by atoms with Gasteiger partial charge in [0, 0.05) is 43.7 Å². The molecular weight excluding hydrogens is 1050 g/mol. The maximum Gasteiger partial charge on any atom is 0.254 e. The van der Waals surface area contributed by atoms with E-state index in [4.69, 9.17) is 0 Å². The molecule has 2 saturated carbocycles. The lowest BCUT2D eigenvalue weighted by atomic mass is 9.76. The average molecular weight is 1150 g/mol. The maximum atomic E-state index is 14.3. The summed E-state index contributed by atoms with van der Waals surface area (Å²) in [5.74, 6) is -5.69. The SMILES string of the molecule is CC(C)C[C@@H](C(=O)NC(C)(C)C(=O)NC(C)(C)C(=O)NCCC(=O)NC1(CN(C)C)CCC1)N(C(=O)CNC(=O)C(C)(C)N(C(=O)CNC(=O)[C@H](CCC1CCCCC1)NC(=O)[C@@H]1CCCN1C(=O)c1ccc(F)cc1)C(C)C)C(C)C. The van der Waals surface area contributed by atoms with Gasteiger partial charge in [-0.25, -0.2) is 4.39 Å². The Morgan fingerprint density at radius 2 is 1.30 bits per heavy atom. The van der Waals surface area contributed by atoms with Crippen LogP contribution < -0.4 is 37.2 Å². The Labute approximate surface area is 486 Å². The van der Waals surface area contributed by atoms with Crippen LogP contribution in [0.1, 0.15) is 183 Å². The van der Waals surface area contributed by atoms with E-state index in [1.807, 2.05) is 32.8 Å². The summed E-state index contributed by atoms with van der Waals surface area (Å²) >= 11 is 0. The Morgan fingerprint density at radius 3 is 1.87 bits per heavy atom. The minimum absolute atomic E-state index is 0.0461. The summed E-state index contributed by atoms with van der Waals surface area (Å²) in [5.41, 5.74) is -4.64. The number of carbonyl (C=O) groups is 10. The van der Waals surface area contributed by atoms with Gasteiger partial charge in [-0.2, -0.15) is 0 Å². The van der Waals surface area contributed by atoms with Crippen LogP contribution in [-0.2, 0) is 43.2 Å². The molecule has 22 heteroatoms. The van der Waals surface area contributed by atoms with Gasteiger partial charge in [0.1, 0.15) is 40.6 Å². The highest BCUT2D eigenvalue weighted by atomic mass is 19.1. The van der Waals surface area contributed by atoms with E-state index >= 15 is 0 Å². The summed E-state index contributed by atoms with van der Waals surface area (Å²) in [6.45, 7) is 19.6. The molecule has 3 aliphatic rings. The largest absolute Gasteiger partial charge is 0.354 e. The van der Waals surface area contributed by atoms with Gasteiger partial charge in [0.2, 0.25) is 53.2 Å². The number of carbonyl (C=O) groups excluding carboxylic acids is 10. The molecule has 1 aliphatic heterocycles. The third-order valence-corrected chi connectivity index (χ3v) is 16.0. The molecule has 1 saturated heterocycles. The minimum Gasteiger partial charge on any atom is -0.354 e. The lowest BCUT2D eigenvalue weighted by molar-refractivity contribution is -0.150. The van der Waals surface area contributed by atoms with Crippen LogP contribution in [0.15, 0.2) is 24.3 Å². The van der Waals surface area contributed by atoms with Gasteiger partial charge in [0.15, 0.2) is 0 Å². The quantitative estimate of drug-likeness (QED) is 0.0601. The van der Waals surface area contributed by atoms with Crippen LogP contribution >= 0.6 is 0 Å². The first kappa shape index (κ1) is 68.3. The molecule has 1 aromatic carbocycles. The molecule has 0 radical (unpaired) electrons. The first-order chi connectivity index (χ1) is 38.2. The number of halogens is 1. The van der Waals surface area contributed by atoms with E-state index in [2.05, 4.69) is 37.2 Å². The van der Waals surface area contributed by atoms with Crippen molar-refractivity contribution in [3.8, 4) is 0 Å². The molecule has 0 unspecified atom stereocenters. The molecule has 1 heterocycles. The summed E-state index contributed by atoms with van der Waals surface area (Å²) in [5, 5.41) is 19.7. The highest BCUT2D eigenvalue weighted by molar-refractivity contribution is 6.00. The first-order valence-corrected chi connectivity index (χ1v) is 29.7. The third-order valence-electron chi connectivity index (χ3n) is 16.0. The second-order valence-corrected chi connectivity index (χ2v) is 25.8. The Kier molecular flexibility index (Phi) is 24.9. The fraction of sp³-hybridized carbons (Fsp3) is 0.733. The molecule has 3 atom stereocenters. The molecule has 4 rings (SSSR count). The second-order valence-electron chi connectivity index (χ2n) is 25.8.